The van der Waals surface area contributed by atoms with Crippen LogP contribution in [0, 0.1) is 0 Å². The highest BCUT2D eigenvalue weighted by Crippen LogP contribution is 2.26. The molecule has 2 aliphatic heterocycles. The van der Waals surface area contributed by atoms with Gasteiger partial charge in [0.15, 0.2) is 6.10 Å². The average molecular weight is 303 g/mol. The molecule has 2 aliphatic rings. The van der Waals surface area contributed by atoms with E-state index in [4.69, 9.17) is 4.74 Å². The minimum Gasteiger partial charge on any atom is -0.363 e. The molecule has 2 N–H and O–H groups in total. The number of amides is 1. The second kappa shape index (κ2) is 7.72. The number of rotatable bonds is 5. The first-order chi connectivity index (χ1) is 10.8. The summed E-state index contributed by atoms with van der Waals surface area (Å²) >= 11 is 0. The number of ether oxygens (including phenoxy) is 1. The van der Waals surface area contributed by atoms with Crippen LogP contribution in [0.5, 0.6) is 0 Å². The molecule has 0 aliphatic carbocycles. The van der Waals surface area contributed by atoms with E-state index in [2.05, 4.69) is 21.6 Å². The summed E-state index contributed by atoms with van der Waals surface area (Å²) in [5.41, 5.74) is 2.25. The molecule has 2 heterocycles. The van der Waals surface area contributed by atoms with Crippen LogP contribution in [-0.4, -0.2) is 56.7 Å². The predicted molar refractivity (Wildman–Crippen MR) is 85.8 cm³/mol. The van der Waals surface area contributed by atoms with Crippen molar-refractivity contribution in [3.05, 3.63) is 35.4 Å². The Balaban J connectivity index is 1.44. The van der Waals surface area contributed by atoms with Crippen molar-refractivity contribution in [2.24, 2.45) is 0 Å². The minimum absolute atomic E-state index is 0.00698. The number of carbonyl (C=O) groups is 1. The van der Waals surface area contributed by atoms with Gasteiger partial charge in [-0.3, -0.25) is 4.79 Å². The van der Waals surface area contributed by atoms with Crippen LogP contribution in [0.15, 0.2) is 24.3 Å². The van der Waals surface area contributed by atoms with Crippen molar-refractivity contribution in [3.63, 3.8) is 0 Å². The molecule has 1 atom stereocenters. The molecular formula is C17H25N3O2. The topological polar surface area (TPSA) is 53.6 Å². The van der Waals surface area contributed by atoms with Gasteiger partial charge in [0, 0.05) is 32.7 Å². The Morgan fingerprint density at radius 1 is 1.32 bits per heavy atom. The summed E-state index contributed by atoms with van der Waals surface area (Å²) in [6, 6.07) is 8.08. The van der Waals surface area contributed by atoms with E-state index in [1.54, 1.807) is 0 Å². The summed E-state index contributed by atoms with van der Waals surface area (Å²) in [7, 11) is 0. The number of benzene rings is 1. The highest BCUT2D eigenvalue weighted by atomic mass is 16.5. The Kier molecular flexibility index (Phi) is 5.43. The first-order valence-corrected chi connectivity index (χ1v) is 8.25. The maximum absolute atomic E-state index is 12.4. The van der Waals surface area contributed by atoms with Crippen LogP contribution in [0.1, 0.15) is 23.7 Å². The van der Waals surface area contributed by atoms with Gasteiger partial charge in [-0.25, -0.2) is 0 Å². The zero-order valence-corrected chi connectivity index (χ0v) is 13.0. The Morgan fingerprint density at radius 3 is 3.00 bits per heavy atom. The van der Waals surface area contributed by atoms with Gasteiger partial charge in [-0.15, -0.1) is 0 Å². The molecule has 1 unspecified atom stereocenters. The summed E-state index contributed by atoms with van der Waals surface area (Å²) in [4.78, 5) is 14.8. The van der Waals surface area contributed by atoms with Crippen molar-refractivity contribution in [2.75, 3.05) is 45.9 Å². The molecule has 0 saturated carbocycles. The van der Waals surface area contributed by atoms with Gasteiger partial charge in [0.1, 0.15) is 0 Å². The Bertz CT molecular complexity index is 500. The molecular weight excluding hydrogens is 278 g/mol. The van der Waals surface area contributed by atoms with E-state index < -0.39 is 6.10 Å². The van der Waals surface area contributed by atoms with Gasteiger partial charge in [-0.2, -0.15) is 0 Å². The first kappa shape index (κ1) is 15.5. The number of fused-ring (bicyclic) bond motifs is 1. The number of nitrogens with zero attached hydrogens (tertiary/aromatic N) is 1. The lowest BCUT2D eigenvalue weighted by molar-refractivity contribution is -0.134. The number of hydrogen-bond acceptors (Lipinski definition) is 4. The molecule has 3 rings (SSSR count). The molecule has 1 saturated heterocycles. The highest BCUT2D eigenvalue weighted by Gasteiger charge is 2.26. The van der Waals surface area contributed by atoms with Crippen molar-refractivity contribution < 1.29 is 9.53 Å². The van der Waals surface area contributed by atoms with Gasteiger partial charge >= 0.3 is 0 Å². The monoisotopic (exact) mass is 303 g/mol. The van der Waals surface area contributed by atoms with Gasteiger partial charge < -0.3 is 20.3 Å². The zero-order valence-electron chi connectivity index (χ0n) is 13.0. The molecule has 0 spiro atoms. The maximum atomic E-state index is 12.4. The Morgan fingerprint density at radius 2 is 2.14 bits per heavy atom. The number of hydrogen-bond donors (Lipinski definition) is 2. The molecule has 0 aromatic heterocycles. The third-order valence-electron chi connectivity index (χ3n) is 4.39. The maximum Gasteiger partial charge on any atom is 0.253 e. The van der Waals surface area contributed by atoms with Gasteiger partial charge in [0.25, 0.3) is 5.91 Å². The van der Waals surface area contributed by atoms with E-state index in [1.165, 1.54) is 5.56 Å². The van der Waals surface area contributed by atoms with E-state index in [1.807, 2.05) is 18.2 Å². The van der Waals surface area contributed by atoms with E-state index in [0.29, 0.717) is 13.2 Å². The largest absolute Gasteiger partial charge is 0.363 e. The molecule has 0 radical (unpaired) electrons. The molecule has 5 nitrogen and oxygen atoms in total. The summed E-state index contributed by atoms with van der Waals surface area (Å²) in [5.74, 6) is -0.00698. The van der Waals surface area contributed by atoms with Gasteiger partial charge in [0.2, 0.25) is 0 Å². The van der Waals surface area contributed by atoms with Crippen molar-refractivity contribution in [3.8, 4) is 0 Å². The molecule has 5 heteroatoms. The van der Waals surface area contributed by atoms with Gasteiger partial charge in [0.05, 0.1) is 6.61 Å². The van der Waals surface area contributed by atoms with Crippen molar-refractivity contribution in [1.82, 2.24) is 15.5 Å². The normalized spacial score (nSPS) is 22.1. The summed E-state index contributed by atoms with van der Waals surface area (Å²) in [6.45, 7) is 6.73. The number of nitrogens with one attached hydrogen (secondary N) is 2. The standard InChI is InChI=1S/C17H25N3O2/c21-17(19-7-3-10-20-11-8-18-9-12-20)16-15-5-2-1-4-14(15)6-13-22-16/h1-2,4-5,16,18H,3,6-13H2,(H,19,21). The average Bonchev–Trinajstić information content (AvgIpc) is 2.59. The van der Waals surface area contributed by atoms with E-state index in [0.717, 1.165) is 51.1 Å². The molecule has 0 bridgehead atoms. The highest BCUT2D eigenvalue weighted by molar-refractivity contribution is 5.82. The van der Waals surface area contributed by atoms with Crippen LogP contribution in [0.4, 0.5) is 0 Å². The SMILES string of the molecule is O=C(NCCCN1CCNCC1)C1OCCc2ccccc21. The van der Waals surface area contributed by atoms with Gasteiger partial charge in [-0.1, -0.05) is 24.3 Å². The lowest BCUT2D eigenvalue weighted by atomic mass is 9.97. The molecule has 1 amide bonds. The molecule has 1 fully saturated rings. The van der Waals surface area contributed by atoms with Crippen molar-refractivity contribution in [2.45, 2.75) is 18.9 Å². The fraction of sp³-hybridized carbons (Fsp3) is 0.588. The second-order valence-corrected chi connectivity index (χ2v) is 5.94. The van der Waals surface area contributed by atoms with Crippen LogP contribution in [-0.2, 0) is 16.0 Å². The quantitative estimate of drug-likeness (QED) is 0.787. The van der Waals surface area contributed by atoms with Crippen LogP contribution in [0.2, 0.25) is 0 Å². The molecule has 120 valence electrons. The third-order valence-corrected chi connectivity index (χ3v) is 4.39. The van der Waals surface area contributed by atoms with E-state index >= 15 is 0 Å². The smallest absolute Gasteiger partial charge is 0.253 e. The Hall–Kier alpha value is -1.43. The van der Waals surface area contributed by atoms with E-state index in [-0.39, 0.29) is 5.91 Å². The lowest BCUT2D eigenvalue weighted by Gasteiger charge is -2.27. The van der Waals surface area contributed by atoms with Gasteiger partial charge in [-0.05, 0) is 30.5 Å². The fourth-order valence-electron chi connectivity index (χ4n) is 3.15. The van der Waals surface area contributed by atoms with E-state index in [9.17, 15) is 4.79 Å². The molecule has 1 aromatic rings. The third kappa shape index (κ3) is 3.85. The molecule has 22 heavy (non-hydrogen) atoms. The first-order valence-electron chi connectivity index (χ1n) is 8.25. The van der Waals surface area contributed by atoms with Crippen LogP contribution in [0.25, 0.3) is 0 Å². The van der Waals surface area contributed by atoms with Crippen LogP contribution >= 0.6 is 0 Å². The van der Waals surface area contributed by atoms with Crippen LogP contribution in [0.3, 0.4) is 0 Å². The fourth-order valence-corrected chi connectivity index (χ4v) is 3.15. The summed E-state index contributed by atoms with van der Waals surface area (Å²) in [5, 5.41) is 6.37. The van der Waals surface area contributed by atoms with Crippen LogP contribution < -0.4 is 10.6 Å². The number of piperazine rings is 1. The summed E-state index contributed by atoms with van der Waals surface area (Å²) < 4.78 is 5.68. The Labute approximate surface area is 132 Å². The zero-order chi connectivity index (χ0) is 15.2. The predicted octanol–water partition coefficient (Wildman–Crippen LogP) is 0.712. The molecule has 1 aromatic carbocycles. The van der Waals surface area contributed by atoms with Crippen molar-refractivity contribution in [1.29, 1.82) is 0 Å². The summed E-state index contributed by atoms with van der Waals surface area (Å²) in [6.07, 6.45) is 1.44. The second-order valence-electron chi connectivity index (χ2n) is 5.94. The lowest BCUT2D eigenvalue weighted by Crippen LogP contribution is -2.44. The number of carbonyl (C=O) groups excluding carboxylic acids is 1. The van der Waals surface area contributed by atoms with Crippen molar-refractivity contribution >= 4 is 5.91 Å². The minimum atomic E-state index is -0.441.